The minimum absolute atomic E-state index is 0.0708. The summed E-state index contributed by atoms with van der Waals surface area (Å²) in [6.07, 6.45) is 1.60. The highest BCUT2D eigenvalue weighted by Gasteiger charge is 1.94. The van der Waals surface area contributed by atoms with Crippen molar-refractivity contribution in [2.24, 2.45) is 0 Å². The van der Waals surface area contributed by atoms with Crippen molar-refractivity contribution < 1.29 is 5.11 Å². The van der Waals surface area contributed by atoms with E-state index in [1.165, 1.54) is 4.68 Å². The highest BCUT2D eigenvalue weighted by molar-refractivity contribution is 6.29. The number of nitrogens with zero attached hydrogens (tertiary/aromatic N) is 2. The molecule has 50 valence electrons. The summed E-state index contributed by atoms with van der Waals surface area (Å²) in [5.41, 5.74) is 0. The second kappa shape index (κ2) is 2.85. The summed E-state index contributed by atoms with van der Waals surface area (Å²) in [7, 11) is 0. The highest BCUT2D eigenvalue weighted by Crippen LogP contribution is 2.04. The van der Waals surface area contributed by atoms with Gasteiger partial charge in [0.1, 0.15) is 5.15 Å². The quantitative estimate of drug-likeness (QED) is 0.661. The molecule has 0 saturated carbocycles. The zero-order valence-corrected chi connectivity index (χ0v) is 5.54. The molecule has 1 aromatic heterocycles. The Morgan fingerprint density at radius 3 is 3.00 bits per heavy atom. The summed E-state index contributed by atoms with van der Waals surface area (Å²) >= 11 is 5.61. The molecule has 0 aliphatic rings. The molecule has 0 aliphatic heterocycles. The van der Waals surface area contributed by atoms with E-state index in [1.807, 2.05) is 0 Å². The summed E-state index contributed by atoms with van der Waals surface area (Å²) in [6.45, 7) is 0.535. The fourth-order valence-corrected chi connectivity index (χ4v) is 0.760. The van der Waals surface area contributed by atoms with Crippen molar-refractivity contribution in [1.82, 2.24) is 9.78 Å². The second-order valence-corrected chi connectivity index (χ2v) is 1.99. The Bertz CT molecular complexity index is 187. The van der Waals surface area contributed by atoms with E-state index >= 15 is 0 Å². The molecule has 0 saturated heterocycles. The molecule has 0 atom stereocenters. The summed E-state index contributed by atoms with van der Waals surface area (Å²) in [4.78, 5) is 0. The third-order valence-corrected chi connectivity index (χ3v) is 1.30. The summed E-state index contributed by atoms with van der Waals surface area (Å²) in [6, 6.07) is 1.68. The first-order chi connectivity index (χ1) is 4.34. The molecule has 0 amide bonds. The molecule has 0 aliphatic carbocycles. The van der Waals surface area contributed by atoms with E-state index in [4.69, 9.17) is 16.7 Å². The first-order valence-corrected chi connectivity index (χ1v) is 3.00. The fraction of sp³-hybridized carbons (Fsp3) is 0.400. The van der Waals surface area contributed by atoms with Gasteiger partial charge in [-0.15, -0.1) is 0 Å². The van der Waals surface area contributed by atoms with Crippen LogP contribution in [0.5, 0.6) is 0 Å². The molecule has 9 heavy (non-hydrogen) atoms. The highest BCUT2D eigenvalue weighted by atomic mass is 35.5. The van der Waals surface area contributed by atoms with Gasteiger partial charge in [0.15, 0.2) is 0 Å². The fourth-order valence-electron chi connectivity index (χ4n) is 0.576. The lowest BCUT2D eigenvalue weighted by Gasteiger charge is -1.96. The van der Waals surface area contributed by atoms with Crippen molar-refractivity contribution in [3.8, 4) is 0 Å². The van der Waals surface area contributed by atoms with E-state index in [0.717, 1.165) is 0 Å². The van der Waals surface area contributed by atoms with Crippen LogP contribution in [0.4, 0.5) is 0 Å². The average molecular weight is 147 g/mol. The number of aliphatic hydroxyl groups is 1. The molecule has 0 bridgehead atoms. The van der Waals surface area contributed by atoms with Gasteiger partial charge < -0.3 is 5.11 Å². The second-order valence-electron chi connectivity index (χ2n) is 1.60. The third-order valence-electron chi connectivity index (χ3n) is 0.977. The Balaban J connectivity index is 2.69. The standard InChI is InChI=1S/C5H7ClN2O/c6-5-1-2-7-8(5)3-4-9/h1-2,9H,3-4H2. The molecule has 0 aromatic carbocycles. The number of aliphatic hydroxyl groups excluding tert-OH is 1. The molecular weight excluding hydrogens is 140 g/mol. The smallest absolute Gasteiger partial charge is 0.127 e. The summed E-state index contributed by atoms with van der Waals surface area (Å²) in [5.74, 6) is 0. The van der Waals surface area contributed by atoms with Crippen LogP contribution in [0.1, 0.15) is 0 Å². The molecule has 0 unspecified atom stereocenters. The first kappa shape index (κ1) is 6.58. The molecule has 1 rings (SSSR count). The monoisotopic (exact) mass is 146 g/mol. The van der Waals surface area contributed by atoms with Crippen LogP contribution in [0, 0.1) is 0 Å². The van der Waals surface area contributed by atoms with E-state index in [2.05, 4.69) is 5.10 Å². The molecule has 0 spiro atoms. The van der Waals surface area contributed by atoms with Gasteiger partial charge in [-0.1, -0.05) is 11.6 Å². The van der Waals surface area contributed by atoms with Gasteiger partial charge in [-0.2, -0.15) is 5.10 Å². The van der Waals surface area contributed by atoms with E-state index < -0.39 is 0 Å². The molecule has 1 heterocycles. The molecular formula is C5H7ClN2O. The topological polar surface area (TPSA) is 38.0 Å². The van der Waals surface area contributed by atoms with Gasteiger partial charge in [-0.3, -0.25) is 4.68 Å². The van der Waals surface area contributed by atoms with Gasteiger partial charge >= 0.3 is 0 Å². The number of halogens is 1. The first-order valence-electron chi connectivity index (χ1n) is 2.63. The van der Waals surface area contributed by atoms with Crippen LogP contribution in [0.2, 0.25) is 5.15 Å². The van der Waals surface area contributed by atoms with E-state index in [9.17, 15) is 0 Å². The SMILES string of the molecule is OCCn1nccc1Cl. The maximum atomic E-state index is 8.44. The Morgan fingerprint density at radius 1 is 1.78 bits per heavy atom. The van der Waals surface area contributed by atoms with Gasteiger partial charge in [0.2, 0.25) is 0 Å². The minimum atomic E-state index is 0.0708. The maximum Gasteiger partial charge on any atom is 0.127 e. The predicted molar refractivity (Wildman–Crippen MR) is 34.3 cm³/mol. The van der Waals surface area contributed by atoms with Crippen LogP contribution >= 0.6 is 11.6 Å². The molecule has 3 nitrogen and oxygen atoms in total. The third kappa shape index (κ3) is 1.43. The average Bonchev–Trinajstić information content (AvgIpc) is 2.18. The van der Waals surface area contributed by atoms with Gasteiger partial charge in [-0.25, -0.2) is 0 Å². The van der Waals surface area contributed by atoms with E-state index in [0.29, 0.717) is 11.7 Å². The molecule has 1 N–H and O–H groups in total. The summed E-state index contributed by atoms with van der Waals surface area (Å²) < 4.78 is 1.53. The van der Waals surface area contributed by atoms with Crippen LogP contribution < -0.4 is 0 Å². The van der Waals surface area contributed by atoms with Gasteiger partial charge in [-0.05, 0) is 6.07 Å². The Labute approximate surface area is 57.9 Å². The zero-order valence-electron chi connectivity index (χ0n) is 4.79. The number of hydrogen-bond donors (Lipinski definition) is 1. The molecule has 4 heteroatoms. The maximum absolute atomic E-state index is 8.44. The van der Waals surface area contributed by atoms with Gasteiger partial charge in [0, 0.05) is 0 Å². The van der Waals surface area contributed by atoms with Crippen molar-refractivity contribution in [3.05, 3.63) is 17.4 Å². The number of rotatable bonds is 2. The van der Waals surface area contributed by atoms with E-state index in [1.54, 1.807) is 12.3 Å². The zero-order chi connectivity index (χ0) is 6.69. The molecule has 0 radical (unpaired) electrons. The van der Waals surface area contributed by atoms with Crippen LogP contribution in [-0.2, 0) is 6.54 Å². The van der Waals surface area contributed by atoms with Crippen molar-refractivity contribution in [3.63, 3.8) is 0 Å². The van der Waals surface area contributed by atoms with Crippen LogP contribution in [0.3, 0.4) is 0 Å². The Morgan fingerprint density at radius 2 is 2.56 bits per heavy atom. The predicted octanol–water partition coefficient (Wildman–Crippen LogP) is 0.529. The van der Waals surface area contributed by atoms with Crippen molar-refractivity contribution >= 4 is 11.6 Å². The van der Waals surface area contributed by atoms with Gasteiger partial charge in [0.25, 0.3) is 0 Å². The van der Waals surface area contributed by atoms with Crippen LogP contribution in [0.15, 0.2) is 12.3 Å². The lowest BCUT2D eigenvalue weighted by atomic mass is 10.7. The largest absolute Gasteiger partial charge is 0.394 e. The number of hydrogen-bond acceptors (Lipinski definition) is 2. The van der Waals surface area contributed by atoms with Crippen LogP contribution in [0.25, 0.3) is 0 Å². The Hall–Kier alpha value is -0.540. The van der Waals surface area contributed by atoms with Crippen molar-refractivity contribution in [2.75, 3.05) is 6.61 Å². The number of aromatic nitrogens is 2. The van der Waals surface area contributed by atoms with Crippen molar-refractivity contribution in [2.45, 2.75) is 6.54 Å². The normalized spacial score (nSPS) is 10.0. The minimum Gasteiger partial charge on any atom is -0.394 e. The van der Waals surface area contributed by atoms with Crippen LogP contribution in [-0.4, -0.2) is 21.5 Å². The van der Waals surface area contributed by atoms with Crippen molar-refractivity contribution in [1.29, 1.82) is 0 Å². The Kier molecular flexibility index (Phi) is 2.08. The van der Waals surface area contributed by atoms with Gasteiger partial charge in [0.05, 0.1) is 19.3 Å². The van der Waals surface area contributed by atoms with E-state index in [-0.39, 0.29) is 6.61 Å². The lowest BCUT2D eigenvalue weighted by molar-refractivity contribution is 0.269. The lowest BCUT2D eigenvalue weighted by Crippen LogP contribution is -2.02. The molecule has 1 aromatic rings. The summed E-state index contributed by atoms with van der Waals surface area (Å²) in [5, 5.41) is 12.8. The molecule has 0 fully saturated rings.